The lowest BCUT2D eigenvalue weighted by atomic mass is 9.87. The van der Waals surface area contributed by atoms with Crippen LogP contribution in [0, 0.1) is 13.8 Å². The van der Waals surface area contributed by atoms with Crippen LogP contribution in [0.25, 0.3) is 0 Å². The third-order valence-electron chi connectivity index (χ3n) is 5.65. The summed E-state index contributed by atoms with van der Waals surface area (Å²) >= 11 is 0. The predicted octanol–water partition coefficient (Wildman–Crippen LogP) is 1.88. The maximum Gasteiger partial charge on any atom is 0.270 e. The highest BCUT2D eigenvalue weighted by atomic mass is 16.5. The van der Waals surface area contributed by atoms with E-state index in [-0.39, 0.29) is 23.5 Å². The number of hydrogen-bond donors (Lipinski definition) is 1. The van der Waals surface area contributed by atoms with Gasteiger partial charge in [0.2, 0.25) is 0 Å². The summed E-state index contributed by atoms with van der Waals surface area (Å²) in [6.07, 6.45) is 3.85. The third-order valence-corrected chi connectivity index (χ3v) is 5.65. The van der Waals surface area contributed by atoms with Crippen molar-refractivity contribution in [3.05, 3.63) is 47.1 Å². The first-order valence-electron chi connectivity index (χ1n) is 9.55. The topological polar surface area (TPSA) is 97.6 Å². The van der Waals surface area contributed by atoms with Crippen molar-refractivity contribution in [2.45, 2.75) is 44.8 Å². The number of likely N-dealkylation sites (tertiary alicyclic amines) is 1. The smallest absolute Gasteiger partial charge is 0.270 e. The van der Waals surface area contributed by atoms with Crippen molar-refractivity contribution in [2.75, 3.05) is 19.7 Å². The molecule has 2 aromatic rings. The van der Waals surface area contributed by atoms with Crippen molar-refractivity contribution in [2.24, 2.45) is 0 Å². The van der Waals surface area contributed by atoms with Gasteiger partial charge in [-0.05, 0) is 45.2 Å². The second-order valence-corrected chi connectivity index (χ2v) is 7.57. The molecule has 2 aromatic heterocycles. The van der Waals surface area contributed by atoms with Crippen LogP contribution in [0.15, 0.2) is 28.9 Å². The predicted molar refractivity (Wildman–Crippen MR) is 99.9 cm³/mol. The van der Waals surface area contributed by atoms with Crippen molar-refractivity contribution in [3.63, 3.8) is 0 Å². The zero-order valence-electron chi connectivity index (χ0n) is 16.1. The van der Waals surface area contributed by atoms with Gasteiger partial charge in [0, 0.05) is 19.3 Å². The van der Waals surface area contributed by atoms with E-state index in [1.165, 1.54) is 0 Å². The van der Waals surface area contributed by atoms with E-state index >= 15 is 0 Å². The molecular weight excluding hydrogens is 360 g/mol. The van der Waals surface area contributed by atoms with Gasteiger partial charge in [0.25, 0.3) is 11.8 Å². The number of carbonyl (C=O) groups is 2. The Hall–Kier alpha value is -2.74. The SMILES string of the molecule is Cc1noc(C)c1C(=O)N1CCC2(CC1)C[C@@H](NC(=O)c1ccccn1)CO2. The number of ether oxygens (including phenoxy) is 1. The number of aryl methyl sites for hydroxylation is 2. The van der Waals surface area contributed by atoms with E-state index in [0.29, 0.717) is 42.4 Å². The second kappa shape index (κ2) is 7.35. The van der Waals surface area contributed by atoms with Gasteiger partial charge in [0.05, 0.1) is 23.9 Å². The average Bonchev–Trinajstić information content (AvgIpc) is 3.25. The average molecular weight is 384 g/mol. The summed E-state index contributed by atoms with van der Waals surface area (Å²) < 4.78 is 11.2. The Morgan fingerprint density at radius 1 is 1.25 bits per heavy atom. The van der Waals surface area contributed by atoms with Crippen LogP contribution in [0.3, 0.4) is 0 Å². The maximum absolute atomic E-state index is 12.8. The lowest BCUT2D eigenvalue weighted by molar-refractivity contribution is -0.0389. The quantitative estimate of drug-likeness (QED) is 0.868. The van der Waals surface area contributed by atoms with E-state index in [0.717, 1.165) is 19.3 Å². The van der Waals surface area contributed by atoms with Crippen LogP contribution in [0.5, 0.6) is 0 Å². The molecule has 1 spiro atoms. The molecule has 4 rings (SSSR count). The van der Waals surface area contributed by atoms with Gasteiger partial charge in [-0.25, -0.2) is 0 Å². The summed E-state index contributed by atoms with van der Waals surface area (Å²) in [6.45, 7) is 5.25. The van der Waals surface area contributed by atoms with E-state index in [9.17, 15) is 9.59 Å². The van der Waals surface area contributed by atoms with Gasteiger partial charge in [-0.3, -0.25) is 14.6 Å². The Morgan fingerprint density at radius 3 is 2.68 bits per heavy atom. The summed E-state index contributed by atoms with van der Waals surface area (Å²) in [5.74, 6) is 0.332. The zero-order valence-corrected chi connectivity index (χ0v) is 16.1. The Bertz CT molecular complexity index is 852. The van der Waals surface area contributed by atoms with E-state index in [1.807, 2.05) is 4.90 Å². The molecule has 1 N–H and O–H groups in total. The highest BCUT2D eigenvalue weighted by molar-refractivity contribution is 5.96. The van der Waals surface area contributed by atoms with Gasteiger partial charge in [0.15, 0.2) is 0 Å². The number of rotatable bonds is 3. The van der Waals surface area contributed by atoms with Crippen LogP contribution >= 0.6 is 0 Å². The monoisotopic (exact) mass is 384 g/mol. The molecular formula is C20H24N4O4. The van der Waals surface area contributed by atoms with E-state index in [1.54, 1.807) is 38.2 Å². The molecule has 2 aliphatic rings. The van der Waals surface area contributed by atoms with Gasteiger partial charge in [-0.2, -0.15) is 0 Å². The molecule has 0 bridgehead atoms. The molecule has 148 valence electrons. The van der Waals surface area contributed by atoms with E-state index < -0.39 is 0 Å². The fraction of sp³-hybridized carbons (Fsp3) is 0.500. The molecule has 1 atom stereocenters. The maximum atomic E-state index is 12.8. The van der Waals surface area contributed by atoms with Crippen molar-refractivity contribution in [3.8, 4) is 0 Å². The van der Waals surface area contributed by atoms with Crippen LogP contribution in [0.2, 0.25) is 0 Å². The minimum Gasteiger partial charge on any atom is -0.373 e. The summed E-state index contributed by atoms with van der Waals surface area (Å²) in [7, 11) is 0. The summed E-state index contributed by atoms with van der Waals surface area (Å²) in [4.78, 5) is 31.0. The molecule has 0 radical (unpaired) electrons. The van der Waals surface area contributed by atoms with E-state index in [4.69, 9.17) is 9.26 Å². The zero-order chi connectivity index (χ0) is 19.7. The van der Waals surface area contributed by atoms with Gasteiger partial charge in [0.1, 0.15) is 17.0 Å². The Balaban J connectivity index is 1.34. The van der Waals surface area contributed by atoms with Crippen molar-refractivity contribution in [1.82, 2.24) is 20.4 Å². The number of carbonyl (C=O) groups excluding carboxylic acids is 2. The van der Waals surface area contributed by atoms with Crippen LogP contribution in [0.1, 0.15) is 51.6 Å². The molecule has 4 heterocycles. The summed E-state index contributed by atoms with van der Waals surface area (Å²) in [6, 6.07) is 5.22. The molecule has 0 aromatic carbocycles. The number of piperidine rings is 1. The van der Waals surface area contributed by atoms with Gasteiger partial charge in [-0.15, -0.1) is 0 Å². The first-order chi connectivity index (χ1) is 13.5. The molecule has 0 aliphatic carbocycles. The van der Waals surface area contributed by atoms with Crippen molar-refractivity contribution < 1.29 is 18.8 Å². The van der Waals surface area contributed by atoms with Gasteiger partial charge in [-0.1, -0.05) is 11.2 Å². The Labute approximate surface area is 163 Å². The fourth-order valence-electron chi connectivity index (χ4n) is 4.11. The number of nitrogens with one attached hydrogen (secondary N) is 1. The third kappa shape index (κ3) is 3.52. The molecule has 2 amide bonds. The highest BCUT2D eigenvalue weighted by Crippen LogP contribution is 2.36. The molecule has 0 saturated carbocycles. The van der Waals surface area contributed by atoms with E-state index in [2.05, 4.69) is 15.5 Å². The molecule has 0 unspecified atom stereocenters. The molecule has 8 nitrogen and oxygen atoms in total. The second-order valence-electron chi connectivity index (χ2n) is 7.57. The largest absolute Gasteiger partial charge is 0.373 e. The van der Waals surface area contributed by atoms with Crippen LogP contribution < -0.4 is 5.32 Å². The molecule has 2 saturated heterocycles. The number of pyridine rings is 1. The van der Waals surface area contributed by atoms with Crippen LogP contribution in [0.4, 0.5) is 0 Å². The van der Waals surface area contributed by atoms with Gasteiger partial charge < -0.3 is 19.5 Å². The minimum atomic E-state index is -0.280. The Kier molecular flexibility index (Phi) is 4.89. The molecule has 2 fully saturated rings. The van der Waals surface area contributed by atoms with Gasteiger partial charge >= 0.3 is 0 Å². The normalized spacial score (nSPS) is 21.1. The summed E-state index contributed by atoms with van der Waals surface area (Å²) in [5.41, 5.74) is 1.31. The summed E-state index contributed by atoms with van der Waals surface area (Å²) in [5, 5.41) is 6.88. The Morgan fingerprint density at radius 2 is 2.04 bits per heavy atom. The standard InChI is InChI=1S/C20H24N4O4/c1-13-17(14(2)28-23-13)19(26)24-9-6-20(7-10-24)11-15(12-27-20)22-18(25)16-5-3-4-8-21-16/h3-5,8,15H,6-7,9-12H2,1-2H3,(H,22,25)/t15-/m1/s1. The fourth-order valence-corrected chi connectivity index (χ4v) is 4.11. The molecule has 28 heavy (non-hydrogen) atoms. The number of nitrogens with zero attached hydrogens (tertiary/aromatic N) is 3. The number of hydrogen-bond acceptors (Lipinski definition) is 6. The first-order valence-corrected chi connectivity index (χ1v) is 9.55. The molecule has 2 aliphatic heterocycles. The first kappa shape index (κ1) is 18.6. The van der Waals surface area contributed by atoms with Crippen LogP contribution in [-0.4, -0.2) is 58.2 Å². The number of amides is 2. The lowest BCUT2D eigenvalue weighted by Crippen LogP contribution is -2.47. The minimum absolute atomic E-state index is 0.0379. The van der Waals surface area contributed by atoms with Crippen LogP contribution in [-0.2, 0) is 4.74 Å². The van der Waals surface area contributed by atoms with Crippen molar-refractivity contribution in [1.29, 1.82) is 0 Å². The number of aromatic nitrogens is 2. The molecule has 8 heteroatoms. The lowest BCUT2D eigenvalue weighted by Gasteiger charge is -2.38. The van der Waals surface area contributed by atoms with Crippen molar-refractivity contribution >= 4 is 11.8 Å². The highest BCUT2D eigenvalue weighted by Gasteiger charge is 2.44.